The molecule has 1 saturated carbocycles. The molecule has 2 aromatic rings. The monoisotopic (exact) mass is 563 g/mol. The Labute approximate surface area is 223 Å². The van der Waals surface area contributed by atoms with Gasteiger partial charge < -0.3 is 14.4 Å². The summed E-state index contributed by atoms with van der Waals surface area (Å²) in [6.07, 6.45) is 7.61. The van der Waals surface area contributed by atoms with Gasteiger partial charge in [0.25, 0.3) is 0 Å². The van der Waals surface area contributed by atoms with Crippen LogP contribution >= 0.6 is 27.5 Å². The molecule has 2 amide bonds. The molecule has 5 nitrogen and oxygen atoms in total. The van der Waals surface area contributed by atoms with Crippen molar-refractivity contribution < 1.29 is 9.59 Å². The van der Waals surface area contributed by atoms with Gasteiger partial charge in [-0.2, -0.15) is 0 Å². The lowest BCUT2D eigenvalue weighted by molar-refractivity contribution is -0.148. The molecule has 0 saturated heterocycles. The maximum Gasteiger partial charge on any atom is 0.242 e. The lowest BCUT2D eigenvalue weighted by Gasteiger charge is -2.38. The molecule has 1 fully saturated rings. The molecular formula is C28H39BrClN3O2. The molecule has 1 aromatic heterocycles. The van der Waals surface area contributed by atoms with Crippen molar-refractivity contribution in [3.63, 3.8) is 0 Å². The number of benzene rings is 1. The average Bonchev–Trinajstić information content (AvgIpc) is 3.28. The second kappa shape index (κ2) is 12.4. The first-order valence-corrected chi connectivity index (χ1v) is 14.0. The molecule has 3 rings (SSSR count). The Morgan fingerprint density at radius 3 is 2.37 bits per heavy atom. The third-order valence-corrected chi connectivity index (χ3v) is 8.16. The third kappa shape index (κ3) is 7.36. The van der Waals surface area contributed by atoms with Gasteiger partial charge in [0, 0.05) is 40.9 Å². The van der Waals surface area contributed by atoms with Gasteiger partial charge in [-0.1, -0.05) is 47.3 Å². The Kier molecular flexibility index (Phi) is 9.88. The number of nitrogens with zero attached hydrogens (tertiary/aromatic N) is 3. The van der Waals surface area contributed by atoms with Gasteiger partial charge in [0.1, 0.15) is 6.54 Å². The molecule has 7 heteroatoms. The fourth-order valence-corrected chi connectivity index (χ4v) is 5.07. The highest BCUT2D eigenvalue weighted by Crippen LogP contribution is 2.27. The molecule has 0 spiro atoms. The summed E-state index contributed by atoms with van der Waals surface area (Å²) in [5.74, 6) is 0.165. The average molecular weight is 565 g/mol. The van der Waals surface area contributed by atoms with Crippen LogP contribution in [0.3, 0.4) is 0 Å². The third-order valence-electron chi connectivity index (χ3n) is 6.96. The fraction of sp³-hybridized carbons (Fsp3) is 0.571. The van der Waals surface area contributed by atoms with Crippen molar-refractivity contribution in [2.24, 2.45) is 5.41 Å². The Morgan fingerprint density at radius 2 is 1.77 bits per heavy atom. The summed E-state index contributed by atoms with van der Waals surface area (Å²) in [5, 5.41) is 0. The van der Waals surface area contributed by atoms with Crippen molar-refractivity contribution in [3.05, 3.63) is 58.3 Å². The van der Waals surface area contributed by atoms with Gasteiger partial charge in [-0.3, -0.25) is 9.59 Å². The number of rotatable bonds is 10. The summed E-state index contributed by atoms with van der Waals surface area (Å²) in [6, 6.07) is 12.6. The highest BCUT2D eigenvalue weighted by Gasteiger charge is 2.35. The summed E-state index contributed by atoms with van der Waals surface area (Å²) in [4.78, 5) is 30.8. The van der Waals surface area contributed by atoms with Crippen LogP contribution in [0.15, 0.2) is 47.1 Å². The molecule has 35 heavy (non-hydrogen) atoms. The lowest BCUT2D eigenvalue weighted by Crippen LogP contribution is -2.52. The zero-order chi connectivity index (χ0) is 25.6. The second-order valence-corrected chi connectivity index (χ2v) is 11.8. The standard InChI is InChI=1S/C28H39BrClN3O2/c1-21(2)32(27(35)28(3,4)20-30)19-26(34)33(24-9-6-5-7-10-24)18-25-11-8-16-31(25)17-22-12-14-23(29)15-13-22/h8,11-16,21,24H,5-7,9-10,17-20H2,1-4H3. The van der Waals surface area contributed by atoms with E-state index in [-0.39, 0.29) is 36.3 Å². The van der Waals surface area contributed by atoms with Gasteiger partial charge in [0.15, 0.2) is 0 Å². The van der Waals surface area contributed by atoms with Gasteiger partial charge >= 0.3 is 0 Å². The minimum atomic E-state index is -0.707. The number of hydrogen-bond acceptors (Lipinski definition) is 2. The van der Waals surface area contributed by atoms with E-state index in [0.29, 0.717) is 6.54 Å². The van der Waals surface area contributed by atoms with Gasteiger partial charge in [0.05, 0.1) is 12.0 Å². The van der Waals surface area contributed by atoms with Crippen LogP contribution in [0.1, 0.15) is 71.1 Å². The molecule has 1 aliphatic rings. The van der Waals surface area contributed by atoms with Crippen LogP contribution in [0.5, 0.6) is 0 Å². The summed E-state index contributed by atoms with van der Waals surface area (Å²) in [6.45, 7) is 9.00. The first-order chi connectivity index (χ1) is 16.6. The van der Waals surface area contributed by atoms with Crippen LogP contribution in [-0.4, -0.2) is 50.7 Å². The summed E-state index contributed by atoms with van der Waals surface area (Å²) in [7, 11) is 0. The van der Waals surface area contributed by atoms with E-state index in [1.807, 2.05) is 38.7 Å². The molecule has 0 radical (unpaired) electrons. The molecule has 0 N–H and O–H groups in total. The van der Waals surface area contributed by atoms with Crippen LogP contribution < -0.4 is 0 Å². The summed E-state index contributed by atoms with van der Waals surface area (Å²) in [5.41, 5.74) is 1.61. The Morgan fingerprint density at radius 1 is 1.11 bits per heavy atom. The normalized spacial score (nSPS) is 14.8. The SMILES string of the molecule is CC(C)N(CC(=O)N(Cc1cccn1Cc1ccc(Br)cc1)C1CCCCC1)C(=O)C(C)(C)CCl. The molecule has 0 bridgehead atoms. The predicted octanol–water partition coefficient (Wildman–Crippen LogP) is 6.46. The van der Waals surface area contributed by atoms with Crippen molar-refractivity contribution in [2.75, 3.05) is 12.4 Å². The molecule has 0 aliphatic heterocycles. The highest BCUT2D eigenvalue weighted by atomic mass is 79.9. The maximum absolute atomic E-state index is 13.8. The lowest BCUT2D eigenvalue weighted by atomic mass is 9.93. The molecule has 0 atom stereocenters. The van der Waals surface area contributed by atoms with E-state index in [4.69, 9.17) is 11.6 Å². The first-order valence-electron chi connectivity index (χ1n) is 12.7. The Bertz CT molecular complexity index is 980. The smallest absolute Gasteiger partial charge is 0.242 e. The summed E-state index contributed by atoms with van der Waals surface area (Å²) < 4.78 is 3.28. The predicted molar refractivity (Wildman–Crippen MR) is 146 cm³/mol. The fourth-order valence-electron chi connectivity index (χ4n) is 4.69. The van der Waals surface area contributed by atoms with Crippen LogP contribution in [0.2, 0.25) is 0 Å². The number of alkyl halides is 1. The van der Waals surface area contributed by atoms with Crippen LogP contribution in [-0.2, 0) is 22.7 Å². The van der Waals surface area contributed by atoms with E-state index in [2.05, 4.69) is 57.0 Å². The minimum absolute atomic E-state index is 0.0146. The van der Waals surface area contributed by atoms with Gasteiger partial charge in [-0.15, -0.1) is 11.6 Å². The zero-order valence-electron chi connectivity index (χ0n) is 21.5. The number of amides is 2. The Balaban J connectivity index is 1.82. The van der Waals surface area contributed by atoms with Crippen LogP contribution in [0, 0.1) is 5.41 Å². The van der Waals surface area contributed by atoms with E-state index in [0.717, 1.165) is 42.4 Å². The van der Waals surface area contributed by atoms with Crippen molar-refractivity contribution in [2.45, 2.75) is 85.0 Å². The van der Waals surface area contributed by atoms with E-state index in [1.54, 1.807) is 4.90 Å². The van der Waals surface area contributed by atoms with Crippen molar-refractivity contribution in [1.82, 2.24) is 14.4 Å². The molecule has 0 unspecified atom stereocenters. The van der Waals surface area contributed by atoms with E-state index < -0.39 is 5.41 Å². The van der Waals surface area contributed by atoms with Gasteiger partial charge in [-0.05, 0) is 70.4 Å². The quantitative estimate of drug-likeness (QED) is 0.311. The van der Waals surface area contributed by atoms with Crippen LogP contribution in [0.4, 0.5) is 0 Å². The van der Waals surface area contributed by atoms with Crippen molar-refractivity contribution in [3.8, 4) is 0 Å². The zero-order valence-corrected chi connectivity index (χ0v) is 23.8. The first kappa shape index (κ1) is 27.8. The molecular weight excluding hydrogens is 526 g/mol. The number of carbonyl (C=O) groups is 2. The number of halogens is 2. The van der Waals surface area contributed by atoms with Crippen molar-refractivity contribution in [1.29, 1.82) is 0 Å². The molecule has 1 aromatic carbocycles. The highest BCUT2D eigenvalue weighted by molar-refractivity contribution is 9.10. The number of aromatic nitrogens is 1. The largest absolute Gasteiger partial charge is 0.345 e. The van der Waals surface area contributed by atoms with Gasteiger partial charge in [0.2, 0.25) is 11.8 Å². The summed E-state index contributed by atoms with van der Waals surface area (Å²) >= 11 is 9.60. The van der Waals surface area contributed by atoms with Crippen molar-refractivity contribution >= 4 is 39.3 Å². The second-order valence-electron chi connectivity index (χ2n) is 10.6. The molecule has 1 heterocycles. The molecule has 1 aliphatic carbocycles. The number of hydrogen-bond donors (Lipinski definition) is 0. The molecule has 192 valence electrons. The number of carbonyl (C=O) groups excluding carboxylic acids is 2. The topological polar surface area (TPSA) is 45.6 Å². The van der Waals surface area contributed by atoms with E-state index >= 15 is 0 Å². The minimum Gasteiger partial charge on any atom is -0.345 e. The maximum atomic E-state index is 13.8. The van der Waals surface area contributed by atoms with Gasteiger partial charge in [-0.25, -0.2) is 0 Å². The van der Waals surface area contributed by atoms with E-state index in [1.165, 1.54) is 12.0 Å². The Hall–Kier alpha value is -1.79. The van der Waals surface area contributed by atoms with Crippen LogP contribution in [0.25, 0.3) is 0 Å². The van der Waals surface area contributed by atoms with E-state index in [9.17, 15) is 9.59 Å².